The summed E-state index contributed by atoms with van der Waals surface area (Å²) in [5, 5.41) is 2.86. The number of hydrogen-bond donors (Lipinski definition) is 2. The molecule has 1 aromatic carbocycles. The third-order valence-corrected chi connectivity index (χ3v) is 7.68. The third kappa shape index (κ3) is 4.27. The van der Waals surface area contributed by atoms with Crippen LogP contribution in [0.4, 0.5) is 11.5 Å². The Morgan fingerprint density at radius 1 is 1.14 bits per heavy atom. The minimum absolute atomic E-state index is 0.220. The van der Waals surface area contributed by atoms with Gasteiger partial charge in [0.1, 0.15) is 27.6 Å². The second-order valence-corrected chi connectivity index (χ2v) is 9.57. The maximum absolute atomic E-state index is 12.9. The molecule has 4 heterocycles. The average molecular weight is 512 g/mol. The van der Waals surface area contributed by atoms with Crippen molar-refractivity contribution in [2.75, 3.05) is 23.9 Å². The number of aromatic nitrogens is 4. The highest BCUT2D eigenvalue weighted by molar-refractivity contribution is 7.99. The van der Waals surface area contributed by atoms with Gasteiger partial charge >= 0.3 is 0 Å². The molecule has 37 heavy (non-hydrogen) atoms. The van der Waals surface area contributed by atoms with Gasteiger partial charge in [-0.2, -0.15) is 0 Å². The molecule has 1 aliphatic heterocycles. The Hall–Kier alpha value is -4.36. The van der Waals surface area contributed by atoms with Gasteiger partial charge in [0.15, 0.2) is 5.82 Å². The highest BCUT2D eigenvalue weighted by Gasteiger charge is 2.48. The van der Waals surface area contributed by atoms with Crippen molar-refractivity contribution in [3.8, 4) is 23.1 Å². The minimum Gasteiger partial charge on any atom is -0.382 e. The number of hydrogen-bond acceptors (Lipinski definition) is 7. The van der Waals surface area contributed by atoms with Gasteiger partial charge in [0.2, 0.25) is 0 Å². The number of amides is 2. The van der Waals surface area contributed by atoms with Crippen LogP contribution in [-0.2, 0) is 9.67 Å². The zero-order valence-corrected chi connectivity index (χ0v) is 21.2. The van der Waals surface area contributed by atoms with Crippen LogP contribution in [0.3, 0.4) is 0 Å². The van der Waals surface area contributed by atoms with E-state index in [0.29, 0.717) is 40.8 Å². The van der Waals surface area contributed by atoms with Crippen LogP contribution >= 0.6 is 11.8 Å². The van der Waals surface area contributed by atoms with E-state index in [4.69, 9.17) is 10.7 Å². The molecule has 5 rings (SSSR count). The SMILES string of the molecule is CC#CC(=O)N1CCCC1(SC)c1nc(-c2ccc(NC(=O)c3ccccn3)cc2)c2c(N)nccn12. The topological polar surface area (TPSA) is 119 Å². The van der Waals surface area contributed by atoms with Crippen molar-refractivity contribution < 1.29 is 9.59 Å². The number of thioether (sulfide) groups is 1. The molecule has 3 N–H and O–H groups in total. The summed E-state index contributed by atoms with van der Waals surface area (Å²) in [5.41, 5.74) is 9.43. The molecule has 0 radical (unpaired) electrons. The summed E-state index contributed by atoms with van der Waals surface area (Å²) in [5.74, 6) is 5.94. The lowest BCUT2D eigenvalue weighted by molar-refractivity contribution is -0.127. The lowest BCUT2D eigenvalue weighted by Crippen LogP contribution is -2.43. The van der Waals surface area contributed by atoms with Crippen LogP contribution in [0.1, 0.15) is 36.1 Å². The highest BCUT2D eigenvalue weighted by atomic mass is 32.2. The predicted molar refractivity (Wildman–Crippen MR) is 145 cm³/mol. The van der Waals surface area contributed by atoms with Gasteiger partial charge < -0.3 is 16.0 Å². The molecule has 1 aliphatic rings. The smallest absolute Gasteiger partial charge is 0.299 e. The predicted octanol–water partition coefficient (Wildman–Crippen LogP) is 3.79. The molecule has 0 saturated carbocycles. The Bertz CT molecular complexity index is 1540. The van der Waals surface area contributed by atoms with Crippen LogP contribution in [-0.4, -0.2) is 48.9 Å². The molecule has 2 amide bonds. The van der Waals surface area contributed by atoms with Crippen LogP contribution in [0.2, 0.25) is 0 Å². The summed E-state index contributed by atoms with van der Waals surface area (Å²) in [6.45, 7) is 2.26. The van der Waals surface area contributed by atoms with Gasteiger partial charge in [0, 0.05) is 36.4 Å². The van der Waals surface area contributed by atoms with E-state index in [1.807, 2.05) is 29.0 Å². The molecular weight excluding hydrogens is 486 g/mol. The van der Waals surface area contributed by atoms with Crippen LogP contribution in [0, 0.1) is 11.8 Å². The first-order valence-corrected chi connectivity index (χ1v) is 13.0. The fourth-order valence-corrected chi connectivity index (χ4v) is 5.78. The van der Waals surface area contributed by atoms with Gasteiger partial charge in [0.25, 0.3) is 11.8 Å². The zero-order chi connectivity index (χ0) is 26.0. The first-order valence-electron chi connectivity index (χ1n) is 11.7. The molecule has 10 heteroatoms. The quantitative estimate of drug-likeness (QED) is 0.391. The number of likely N-dealkylation sites (tertiary alicyclic amines) is 1. The molecule has 1 unspecified atom stereocenters. The maximum atomic E-state index is 12.9. The summed E-state index contributed by atoms with van der Waals surface area (Å²) in [6.07, 6.45) is 8.60. The third-order valence-electron chi connectivity index (χ3n) is 6.39. The number of carbonyl (C=O) groups is 2. The van der Waals surface area contributed by atoms with E-state index in [0.717, 1.165) is 18.4 Å². The van der Waals surface area contributed by atoms with Crippen LogP contribution in [0.15, 0.2) is 61.1 Å². The van der Waals surface area contributed by atoms with E-state index < -0.39 is 4.87 Å². The number of benzene rings is 1. The molecule has 0 spiro atoms. The number of fused-ring (bicyclic) bond motifs is 1. The number of rotatable bonds is 5. The standard InChI is InChI=1S/C27H25N7O2S/c1-3-7-21(35)34-16-6-13-27(34,37-2)26-32-22(23-24(28)30-15-17-33(23)26)18-9-11-19(12-10-18)31-25(36)20-8-4-5-14-29-20/h4-5,8-12,14-15,17H,6,13,16H2,1-2H3,(H2,28,30)(H,31,36). The maximum Gasteiger partial charge on any atom is 0.299 e. The molecule has 0 aliphatic carbocycles. The van der Waals surface area contributed by atoms with Crippen molar-refractivity contribution in [1.82, 2.24) is 24.3 Å². The largest absolute Gasteiger partial charge is 0.382 e. The Balaban J connectivity index is 1.56. The number of pyridine rings is 1. The normalized spacial score (nSPS) is 16.9. The van der Waals surface area contributed by atoms with Crippen molar-refractivity contribution in [3.63, 3.8) is 0 Å². The Morgan fingerprint density at radius 3 is 2.65 bits per heavy atom. The fourth-order valence-electron chi connectivity index (χ4n) is 4.71. The lowest BCUT2D eigenvalue weighted by Gasteiger charge is -2.34. The number of nitrogens with zero attached hydrogens (tertiary/aromatic N) is 5. The summed E-state index contributed by atoms with van der Waals surface area (Å²) in [6, 6.07) is 12.5. The van der Waals surface area contributed by atoms with Crippen molar-refractivity contribution in [2.24, 2.45) is 0 Å². The second-order valence-electron chi connectivity index (χ2n) is 8.49. The van der Waals surface area contributed by atoms with Crippen LogP contribution < -0.4 is 11.1 Å². The minimum atomic E-state index is -0.688. The van der Waals surface area contributed by atoms with Gasteiger partial charge in [-0.15, -0.1) is 11.8 Å². The summed E-state index contributed by atoms with van der Waals surface area (Å²) in [4.78, 5) is 40.0. The van der Waals surface area contributed by atoms with Crippen molar-refractivity contribution in [3.05, 3.63) is 72.6 Å². The molecule has 1 saturated heterocycles. The summed E-state index contributed by atoms with van der Waals surface area (Å²) < 4.78 is 1.93. The molecule has 1 atom stereocenters. The molecule has 1 fully saturated rings. The Kier molecular flexibility index (Phi) is 6.54. The Labute approximate surface area is 218 Å². The van der Waals surface area contributed by atoms with E-state index in [1.165, 1.54) is 0 Å². The molecule has 9 nitrogen and oxygen atoms in total. The van der Waals surface area contributed by atoms with E-state index in [2.05, 4.69) is 27.1 Å². The highest BCUT2D eigenvalue weighted by Crippen LogP contribution is 2.47. The first-order chi connectivity index (χ1) is 18.0. The lowest BCUT2D eigenvalue weighted by atomic mass is 10.1. The van der Waals surface area contributed by atoms with Gasteiger partial charge in [0.05, 0.1) is 0 Å². The van der Waals surface area contributed by atoms with Crippen molar-refractivity contribution in [2.45, 2.75) is 24.6 Å². The zero-order valence-electron chi connectivity index (χ0n) is 20.4. The van der Waals surface area contributed by atoms with Gasteiger partial charge in [-0.3, -0.25) is 19.0 Å². The van der Waals surface area contributed by atoms with Gasteiger partial charge in [-0.25, -0.2) is 9.97 Å². The number of anilines is 2. The number of carbonyl (C=O) groups excluding carboxylic acids is 2. The van der Waals surface area contributed by atoms with Crippen molar-refractivity contribution >= 4 is 40.6 Å². The van der Waals surface area contributed by atoms with E-state index in [1.54, 1.807) is 66.3 Å². The summed E-state index contributed by atoms with van der Waals surface area (Å²) >= 11 is 1.57. The molecule has 0 bridgehead atoms. The molecule has 4 aromatic rings. The average Bonchev–Trinajstić information content (AvgIpc) is 3.53. The monoisotopic (exact) mass is 511 g/mol. The van der Waals surface area contributed by atoms with E-state index in [9.17, 15) is 9.59 Å². The van der Waals surface area contributed by atoms with Gasteiger partial charge in [-0.1, -0.05) is 24.1 Å². The molecule has 186 valence electrons. The van der Waals surface area contributed by atoms with Gasteiger partial charge in [-0.05, 0) is 56.2 Å². The van der Waals surface area contributed by atoms with Crippen LogP contribution in [0.25, 0.3) is 16.8 Å². The first kappa shape index (κ1) is 24.3. The molecular formula is C27H25N7O2S. The van der Waals surface area contributed by atoms with Crippen molar-refractivity contribution in [1.29, 1.82) is 0 Å². The van der Waals surface area contributed by atoms with Crippen LogP contribution in [0.5, 0.6) is 0 Å². The number of nitrogens with two attached hydrogens (primary N) is 1. The number of nitrogen functional groups attached to an aromatic ring is 1. The van der Waals surface area contributed by atoms with E-state index >= 15 is 0 Å². The second kappa shape index (κ2) is 9.95. The summed E-state index contributed by atoms with van der Waals surface area (Å²) in [7, 11) is 0. The number of imidazole rings is 1. The molecule has 3 aromatic heterocycles. The van der Waals surface area contributed by atoms with E-state index in [-0.39, 0.29) is 11.8 Å². The fraction of sp³-hybridized carbons (Fsp3) is 0.222. The Morgan fingerprint density at radius 2 is 1.95 bits per heavy atom. The number of nitrogens with one attached hydrogen (secondary N) is 1.